The Morgan fingerprint density at radius 2 is 0.745 bits per heavy atom. The zero-order valence-electron chi connectivity index (χ0n) is 79.0. The van der Waals surface area contributed by atoms with Crippen molar-refractivity contribution in [2.75, 3.05) is 0 Å². The minimum atomic E-state index is -1.01. The summed E-state index contributed by atoms with van der Waals surface area (Å²) in [6.07, 6.45) is 36.4. The van der Waals surface area contributed by atoms with E-state index < -0.39 is 53.7 Å². The molecule has 0 atom stereocenters. The third kappa shape index (κ3) is 28.0. The van der Waals surface area contributed by atoms with Gasteiger partial charge < -0.3 is 46.0 Å². The molecule has 0 aliphatic heterocycles. The summed E-state index contributed by atoms with van der Waals surface area (Å²) < 4.78 is 13.7. The summed E-state index contributed by atoms with van der Waals surface area (Å²) in [6, 6.07) is 53.3. The molecule has 9 N–H and O–H groups in total. The molecule has 740 valence electrons. The Morgan fingerprint density at radius 1 is 0.369 bits per heavy atom. The number of hydrogen-bond acceptors (Lipinski definition) is 19. The van der Waals surface area contributed by atoms with Gasteiger partial charge in [0.1, 0.15) is 0 Å². The van der Waals surface area contributed by atoms with E-state index in [4.69, 9.17) is 46.0 Å². The van der Waals surface area contributed by atoms with Crippen LogP contribution in [0.3, 0.4) is 0 Å². The first-order chi connectivity index (χ1) is 66.9. The maximum Gasteiger partial charge on any atom is 0.365 e. The van der Waals surface area contributed by atoms with Gasteiger partial charge in [0.15, 0.2) is 45.6 Å². The van der Waals surface area contributed by atoms with E-state index in [-0.39, 0.29) is 69.1 Å². The Morgan fingerprint density at radius 3 is 1.18 bits per heavy atom. The molecule has 5 aromatic carbocycles. The molecule has 0 spiro atoms. The molecule has 0 saturated heterocycles. The van der Waals surface area contributed by atoms with Crippen LogP contribution in [0.25, 0.3) is 11.4 Å². The first-order valence-corrected chi connectivity index (χ1v) is 47.5. The van der Waals surface area contributed by atoms with E-state index in [1.54, 1.807) is 91.1 Å². The van der Waals surface area contributed by atoms with Crippen LogP contribution in [0.1, 0.15) is 269 Å². The smallest absolute Gasteiger partial charge is 0.365 e. The Balaban J connectivity index is 0.000000142. The molecule has 36 heteroatoms. The third-order valence-corrected chi connectivity index (χ3v) is 27.6. The van der Waals surface area contributed by atoms with Gasteiger partial charge in [0.05, 0.1) is 35.5 Å². The molecule has 9 heterocycles. The van der Waals surface area contributed by atoms with Gasteiger partial charge in [-0.3, -0.25) is 28.1 Å². The molecule has 0 unspecified atom stereocenters. The predicted octanol–water partition coefficient (Wildman–Crippen LogP) is 19.3. The lowest BCUT2D eigenvalue weighted by Gasteiger charge is -2.56. The SMILES string of the molecule is C.CC(C)(c1ccccc1)n1ccc(C(=O)O)n1.Cc1cccc(C)c1-n1ccc(C(=O)O)n1.Cc1cccc(C)c1Cn1ccc(C(=O)O)n1.Cc1csc(C(=O)O)n1.O=C(O)c1ccn(-c2ccccc2)n1.O=C(O)c1ccn(C23CC4CC(CC(C4)C2)C3)n1.O=C(O)c1ccn(CC23CC4CC(CC(C4)C2)C3)n1.O=C(O)c1ccn(CC2CCCCC2)n1.O=C(O)c1ccn(Cc2ccccc2)n1. The standard InChI is InChI=1S/C15H20N2O2.C14H18N2O2.2C13H14N2O2.C12H12N2O2.C11H16N2O2.C11H10N2O2.C10H8N2O2.C5H5NO2S.CH4/c18-14(19)13-1-2-17(16-13)9-15-6-10-3-11(7-15)5-12(4-10)8-15;17-13(18)12-1-2-16(15-12)14-6-9-3-10(7-14)5-11(4-9)8-14;1-9-4-3-5-10(2)11(9)8-15-7-6-12(14-15)13(16)17;1-13(2,10-6-4-3-5-7-10)15-9-8-11(14-15)12(16)17;1-8-4-3-5-9(2)11(8)14-7-6-10(13-14)12(15)16;2*14-11(15)10-6-7-13(12-10)8-9-4-2-1-3-5-9;13-10(14)9-6-7-12(11-9)8-4-2-1-3-5-8;1-3-2-9-4(6-3)5(7)8;/h1-2,10-12H,3-9H2,(H,18,19);1-2,9-11H,3-8H2,(H,17,18);3-7H,8H2,1-2H3,(H,16,17);3-9H,1-2H3,(H,16,17);3-7H,1-2H3,(H,15,16);6-7,9H,1-5,8H2,(H,14,15);1-7H,8H2,(H,14,15);1-7H,(H,13,14);2H,1H3,(H,7,8);1H4. The van der Waals surface area contributed by atoms with Crippen molar-refractivity contribution in [1.82, 2.24) is 83.2 Å². The van der Waals surface area contributed by atoms with Crippen molar-refractivity contribution in [3.8, 4) is 11.4 Å². The monoisotopic (exact) mass is 1940 g/mol. The first kappa shape index (κ1) is 105. The fraction of sp³-hybridized carbons (Fsp3) is 0.371. The van der Waals surface area contributed by atoms with Gasteiger partial charge >= 0.3 is 53.7 Å². The number of carboxylic acids is 9. The van der Waals surface area contributed by atoms with E-state index in [0.29, 0.717) is 24.4 Å². The molecule has 9 aliphatic carbocycles. The van der Waals surface area contributed by atoms with Gasteiger partial charge in [-0.2, -0.15) is 40.8 Å². The molecule has 9 aliphatic rings. The van der Waals surface area contributed by atoms with Crippen molar-refractivity contribution >= 4 is 65.1 Å². The minimum absolute atomic E-state index is 0. The summed E-state index contributed by atoms with van der Waals surface area (Å²) in [5, 5.41) is 113. The maximum atomic E-state index is 11.0. The number of carboxylic acid groups (broad SMARTS) is 9. The molecule has 23 rings (SSSR count). The van der Waals surface area contributed by atoms with Gasteiger partial charge in [-0.05, 0) is 285 Å². The number of rotatable bonds is 22. The number of hydrogen-bond donors (Lipinski definition) is 9. The van der Waals surface area contributed by atoms with Crippen LogP contribution in [0, 0.1) is 81.5 Å². The zero-order valence-corrected chi connectivity index (χ0v) is 79.9. The Kier molecular flexibility index (Phi) is 35.1. The average Bonchev–Trinajstić information content (AvgIpc) is 1.49. The first-order valence-electron chi connectivity index (χ1n) is 46.6. The largest absolute Gasteiger partial charge is 0.476 e. The summed E-state index contributed by atoms with van der Waals surface area (Å²) in [4.78, 5) is 99.8. The van der Waals surface area contributed by atoms with E-state index in [0.717, 1.165) is 99.3 Å². The van der Waals surface area contributed by atoms with Crippen molar-refractivity contribution in [2.45, 2.75) is 202 Å². The Bertz CT molecular complexity index is 6500. The molecule has 35 nitrogen and oxygen atoms in total. The van der Waals surface area contributed by atoms with E-state index in [9.17, 15) is 43.2 Å². The second kappa shape index (κ2) is 47.3. The van der Waals surface area contributed by atoms with E-state index in [1.807, 2.05) is 191 Å². The molecule has 0 amide bonds. The summed E-state index contributed by atoms with van der Waals surface area (Å²) in [6.45, 7) is 16.8. The number of carbonyl (C=O) groups is 9. The van der Waals surface area contributed by atoms with Crippen molar-refractivity contribution in [3.05, 3.63) is 326 Å². The van der Waals surface area contributed by atoms with E-state index in [2.05, 4.69) is 45.8 Å². The molecule has 9 aromatic heterocycles. The van der Waals surface area contributed by atoms with Crippen LogP contribution in [-0.2, 0) is 37.3 Å². The number of aryl methyl sites for hydroxylation is 5. The highest BCUT2D eigenvalue weighted by molar-refractivity contribution is 7.11. The van der Waals surface area contributed by atoms with Crippen LogP contribution in [0.4, 0.5) is 0 Å². The van der Waals surface area contributed by atoms with Crippen LogP contribution < -0.4 is 0 Å². The van der Waals surface area contributed by atoms with Crippen LogP contribution in [-0.4, -0.2) is 183 Å². The Hall–Kier alpha value is -15.4. The van der Waals surface area contributed by atoms with Crippen molar-refractivity contribution in [2.24, 2.45) is 46.8 Å². The molecule has 8 bridgehead atoms. The van der Waals surface area contributed by atoms with Crippen LogP contribution >= 0.6 is 11.3 Å². The lowest BCUT2D eigenvalue weighted by molar-refractivity contribution is -0.0636. The number of nitrogens with zero attached hydrogens (tertiary/aromatic N) is 17. The number of aromatic carboxylic acids is 9. The van der Waals surface area contributed by atoms with Gasteiger partial charge in [0.2, 0.25) is 5.01 Å². The number of aromatic nitrogens is 17. The van der Waals surface area contributed by atoms with Gasteiger partial charge in [0.25, 0.3) is 0 Å². The van der Waals surface area contributed by atoms with Gasteiger partial charge in [0, 0.05) is 73.7 Å². The predicted molar refractivity (Wildman–Crippen MR) is 525 cm³/mol. The lowest BCUT2D eigenvalue weighted by Crippen LogP contribution is -2.52. The number of benzene rings is 5. The highest BCUT2D eigenvalue weighted by Gasteiger charge is 2.53. The average molecular weight is 1940 g/mol. The molecule has 0 radical (unpaired) electrons. The summed E-state index contributed by atoms with van der Waals surface area (Å²) >= 11 is 1.15. The highest BCUT2D eigenvalue weighted by atomic mass is 32.1. The summed E-state index contributed by atoms with van der Waals surface area (Å²) in [7, 11) is 0. The van der Waals surface area contributed by atoms with Crippen molar-refractivity contribution < 1.29 is 89.1 Å². The second-order valence-corrected chi connectivity index (χ2v) is 38.5. The lowest BCUT2D eigenvalue weighted by atomic mass is 9.49. The van der Waals surface area contributed by atoms with E-state index >= 15 is 0 Å². The van der Waals surface area contributed by atoms with Crippen LogP contribution in [0.2, 0.25) is 0 Å². The molecule has 14 aromatic rings. The summed E-state index contributed by atoms with van der Waals surface area (Å²) in [5.74, 6) is -2.73. The molecule has 9 fully saturated rings. The second-order valence-electron chi connectivity index (χ2n) is 37.7. The number of thiazole rings is 1. The third-order valence-electron chi connectivity index (χ3n) is 26.7. The van der Waals surface area contributed by atoms with Gasteiger partial charge in [-0.15, -0.1) is 11.3 Å². The Labute approximate surface area is 819 Å². The van der Waals surface area contributed by atoms with Crippen molar-refractivity contribution in [1.29, 1.82) is 0 Å². The van der Waals surface area contributed by atoms with Crippen LogP contribution in [0.15, 0.2) is 231 Å². The topological polar surface area (TPSA) is 491 Å². The molecule has 9 saturated carbocycles. The van der Waals surface area contributed by atoms with Crippen molar-refractivity contribution in [3.63, 3.8) is 0 Å². The molecule has 141 heavy (non-hydrogen) atoms. The maximum absolute atomic E-state index is 11.0. The summed E-state index contributed by atoms with van der Waals surface area (Å²) in [5.41, 5.74) is 11.5. The molecular weight excluding hydrogens is 1820 g/mol. The normalized spacial score (nSPS) is 19.0. The van der Waals surface area contributed by atoms with Gasteiger partial charge in [-0.25, -0.2) is 57.5 Å². The zero-order chi connectivity index (χ0) is 100. The number of para-hydroxylation sites is 2. The fourth-order valence-electron chi connectivity index (χ4n) is 20.9. The van der Waals surface area contributed by atoms with Crippen LogP contribution in [0.5, 0.6) is 0 Å². The molecular formula is C105H121N17O18S. The fourth-order valence-corrected chi connectivity index (χ4v) is 21.5. The minimum Gasteiger partial charge on any atom is -0.476 e. The quantitative estimate of drug-likeness (QED) is 0.0304. The van der Waals surface area contributed by atoms with E-state index in [1.165, 1.54) is 161 Å². The highest BCUT2D eigenvalue weighted by Crippen LogP contribution is 2.61. The van der Waals surface area contributed by atoms with Gasteiger partial charge in [-0.1, -0.05) is 142 Å².